The van der Waals surface area contributed by atoms with Crippen LogP contribution in [-0.2, 0) is 15.8 Å². The van der Waals surface area contributed by atoms with Crippen LogP contribution in [0.4, 0.5) is 21.8 Å². The second-order valence-electron chi connectivity index (χ2n) is 6.92. The van der Waals surface area contributed by atoms with E-state index < -0.39 is 15.8 Å². The van der Waals surface area contributed by atoms with Crippen molar-refractivity contribution < 1.29 is 12.8 Å². The molecule has 3 heterocycles. The Hall–Kier alpha value is -3.27. The van der Waals surface area contributed by atoms with Gasteiger partial charge in [-0.15, -0.1) is 0 Å². The van der Waals surface area contributed by atoms with E-state index >= 15 is 0 Å². The number of nitrogens with zero attached hydrogens (tertiary/aromatic N) is 5. The van der Waals surface area contributed by atoms with Crippen molar-refractivity contribution in [2.45, 2.75) is 5.75 Å². The van der Waals surface area contributed by atoms with Crippen molar-refractivity contribution >= 4 is 27.5 Å². The minimum Gasteiger partial charge on any atom is -0.353 e. The quantitative estimate of drug-likeness (QED) is 0.644. The molecule has 30 heavy (non-hydrogen) atoms. The van der Waals surface area contributed by atoms with E-state index in [2.05, 4.69) is 29.5 Å². The maximum absolute atomic E-state index is 13.0. The van der Waals surface area contributed by atoms with Gasteiger partial charge in [0.1, 0.15) is 11.6 Å². The second kappa shape index (κ2) is 8.62. The average Bonchev–Trinajstić information content (AvgIpc) is 2.76. The lowest BCUT2D eigenvalue weighted by atomic mass is 10.2. The van der Waals surface area contributed by atoms with Crippen molar-refractivity contribution in [3.05, 3.63) is 72.4 Å². The number of anilines is 3. The maximum atomic E-state index is 13.0. The largest absolute Gasteiger partial charge is 0.353 e. The molecule has 3 aromatic rings. The van der Waals surface area contributed by atoms with Gasteiger partial charge in [0.2, 0.25) is 16.0 Å². The highest BCUT2D eigenvalue weighted by atomic mass is 32.2. The van der Waals surface area contributed by atoms with E-state index in [0.29, 0.717) is 11.5 Å². The first-order chi connectivity index (χ1) is 14.5. The summed E-state index contributed by atoms with van der Waals surface area (Å²) < 4.78 is 40.1. The fourth-order valence-electron chi connectivity index (χ4n) is 3.23. The monoisotopic (exact) mass is 428 g/mol. The molecular weight excluding hydrogens is 407 g/mol. The van der Waals surface area contributed by atoms with E-state index in [0.717, 1.165) is 32.0 Å². The molecule has 0 atom stereocenters. The van der Waals surface area contributed by atoms with Crippen molar-refractivity contribution in [3.8, 4) is 0 Å². The van der Waals surface area contributed by atoms with Gasteiger partial charge in [0, 0.05) is 32.4 Å². The SMILES string of the molecule is O=S(=O)(Cc1ccc(F)cc1)Nc1cnc(N2CCN(c3ccccn3)CC2)nc1. The summed E-state index contributed by atoms with van der Waals surface area (Å²) >= 11 is 0. The Morgan fingerprint density at radius 3 is 2.20 bits per heavy atom. The van der Waals surface area contributed by atoms with Crippen molar-refractivity contribution in [1.29, 1.82) is 0 Å². The third kappa shape index (κ3) is 5.01. The lowest BCUT2D eigenvalue weighted by molar-refractivity contribution is 0.599. The van der Waals surface area contributed by atoms with Crippen LogP contribution in [0.25, 0.3) is 0 Å². The first kappa shape index (κ1) is 20.0. The highest BCUT2D eigenvalue weighted by Gasteiger charge is 2.20. The Labute approximate surface area is 174 Å². The number of aromatic nitrogens is 3. The average molecular weight is 428 g/mol. The van der Waals surface area contributed by atoms with Crippen molar-refractivity contribution in [3.63, 3.8) is 0 Å². The van der Waals surface area contributed by atoms with Gasteiger partial charge in [-0.3, -0.25) is 4.72 Å². The van der Waals surface area contributed by atoms with Gasteiger partial charge in [-0.05, 0) is 29.8 Å². The molecule has 1 aliphatic rings. The molecule has 4 rings (SSSR count). The van der Waals surface area contributed by atoms with Crippen LogP contribution in [0.3, 0.4) is 0 Å². The predicted molar refractivity (Wildman–Crippen MR) is 113 cm³/mol. The minimum atomic E-state index is -3.66. The normalized spacial score (nSPS) is 14.6. The molecule has 1 N–H and O–H groups in total. The summed E-state index contributed by atoms with van der Waals surface area (Å²) in [6, 6.07) is 11.2. The van der Waals surface area contributed by atoms with E-state index in [1.54, 1.807) is 6.20 Å². The molecule has 1 saturated heterocycles. The number of hydrogen-bond acceptors (Lipinski definition) is 7. The third-order valence-corrected chi connectivity index (χ3v) is 5.98. The maximum Gasteiger partial charge on any atom is 0.237 e. The summed E-state index contributed by atoms with van der Waals surface area (Å²) in [6.45, 7) is 3.08. The Morgan fingerprint density at radius 1 is 0.900 bits per heavy atom. The van der Waals surface area contributed by atoms with Gasteiger partial charge >= 0.3 is 0 Å². The summed E-state index contributed by atoms with van der Waals surface area (Å²) in [5.41, 5.74) is 0.778. The zero-order chi connectivity index (χ0) is 21.0. The van der Waals surface area contributed by atoms with E-state index in [-0.39, 0.29) is 11.4 Å². The molecule has 2 aromatic heterocycles. The minimum absolute atomic E-state index is 0.259. The second-order valence-corrected chi connectivity index (χ2v) is 8.64. The van der Waals surface area contributed by atoms with Gasteiger partial charge < -0.3 is 9.80 Å². The molecular formula is C20H21FN6O2S. The zero-order valence-corrected chi connectivity index (χ0v) is 17.0. The van der Waals surface area contributed by atoms with E-state index in [4.69, 9.17) is 0 Å². The molecule has 0 unspecified atom stereocenters. The molecule has 0 aliphatic carbocycles. The first-order valence-corrected chi connectivity index (χ1v) is 11.1. The van der Waals surface area contributed by atoms with Crippen LogP contribution in [-0.4, -0.2) is 49.5 Å². The number of rotatable bonds is 6. The topological polar surface area (TPSA) is 91.3 Å². The standard InChI is InChI=1S/C20H21FN6O2S/c21-17-6-4-16(5-7-17)15-30(28,29)25-18-13-23-20(24-14-18)27-11-9-26(10-12-27)19-3-1-2-8-22-19/h1-8,13-14,25H,9-12,15H2. The predicted octanol–water partition coefficient (Wildman–Crippen LogP) is 2.28. The van der Waals surface area contributed by atoms with Gasteiger partial charge in [-0.25, -0.2) is 27.8 Å². The molecule has 1 fully saturated rings. The van der Waals surface area contributed by atoms with Gasteiger partial charge in [-0.2, -0.15) is 0 Å². The lowest BCUT2D eigenvalue weighted by Gasteiger charge is -2.35. The molecule has 0 amide bonds. The summed E-state index contributed by atoms with van der Waals surface area (Å²) in [5.74, 6) is 0.833. The lowest BCUT2D eigenvalue weighted by Crippen LogP contribution is -2.47. The third-order valence-electron chi connectivity index (χ3n) is 4.72. The van der Waals surface area contributed by atoms with Gasteiger partial charge in [0.15, 0.2) is 0 Å². The highest BCUT2D eigenvalue weighted by molar-refractivity contribution is 7.91. The van der Waals surface area contributed by atoms with Crippen LogP contribution in [0, 0.1) is 5.82 Å². The molecule has 10 heteroatoms. The van der Waals surface area contributed by atoms with Crippen LogP contribution in [0.2, 0.25) is 0 Å². The smallest absolute Gasteiger partial charge is 0.237 e. The molecule has 1 aliphatic heterocycles. The number of piperazine rings is 1. The summed E-state index contributed by atoms with van der Waals surface area (Å²) in [5, 5.41) is 0. The Kier molecular flexibility index (Phi) is 5.75. The zero-order valence-electron chi connectivity index (χ0n) is 16.1. The Morgan fingerprint density at radius 2 is 1.57 bits per heavy atom. The van der Waals surface area contributed by atoms with Crippen LogP contribution in [0.1, 0.15) is 5.56 Å². The number of pyridine rings is 1. The summed E-state index contributed by atoms with van der Waals surface area (Å²) in [6.07, 6.45) is 4.69. The van der Waals surface area contributed by atoms with Crippen LogP contribution >= 0.6 is 0 Å². The van der Waals surface area contributed by atoms with Gasteiger partial charge in [-0.1, -0.05) is 18.2 Å². The molecule has 8 nitrogen and oxygen atoms in total. The first-order valence-electron chi connectivity index (χ1n) is 9.46. The summed E-state index contributed by atoms with van der Waals surface area (Å²) in [7, 11) is -3.66. The number of nitrogens with one attached hydrogen (secondary N) is 1. The number of halogens is 1. The van der Waals surface area contributed by atoms with Gasteiger partial charge in [0.25, 0.3) is 0 Å². The molecule has 0 radical (unpaired) electrons. The molecule has 1 aromatic carbocycles. The molecule has 0 saturated carbocycles. The molecule has 0 spiro atoms. The number of sulfonamides is 1. The van der Waals surface area contributed by atoms with Gasteiger partial charge in [0.05, 0.1) is 23.8 Å². The van der Waals surface area contributed by atoms with E-state index in [9.17, 15) is 12.8 Å². The van der Waals surface area contributed by atoms with Crippen molar-refractivity contribution in [2.75, 3.05) is 40.7 Å². The van der Waals surface area contributed by atoms with E-state index in [1.165, 1.54) is 36.7 Å². The van der Waals surface area contributed by atoms with E-state index in [1.807, 2.05) is 18.2 Å². The Balaban J connectivity index is 1.34. The Bertz CT molecular complexity index is 1070. The van der Waals surface area contributed by atoms with Crippen LogP contribution in [0.5, 0.6) is 0 Å². The summed E-state index contributed by atoms with van der Waals surface area (Å²) in [4.78, 5) is 17.2. The van der Waals surface area contributed by atoms with Crippen molar-refractivity contribution in [2.24, 2.45) is 0 Å². The highest BCUT2D eigenvalue weighted by Crippen LogP contribution is 2.17. The van der Waals surface area contributed by atoms with Crippen molar-refractivity contribution in [1.82, 2.24) is 15.0 Å². The molecule has 0 bridgehead atoms. The molecule has 156 valence electrons. The number of benzene rings is 1. The van der Waals surface area contributed by atoms with Crippen LogP contribution < -0.4 is 14.5 Å². The van der Waals surface area contributed by atoms with Crippen LogP contribution in [0.15, 0.2) is 61.1 Å². The number of hydrogen-bond donors (Lipinski definition) is 1. The fourth-order valence-corrected chi connectivity index (χ4v) is 4.40. The fraction of sp³-hybridized carbons (Fsp3) is 0.250.